The first-order valence-corrected chi connectivity index (χ1v) is 13.6. The molecule has 0 unspecified atom stereocenters. The smallest absolute Gasteiger partial charge is 0.262 e. The highest BCUT2D eigenvalue weighted by Crippen LogP contribution is 2.47. The summed E-state index contributed by atoms with van der Waals surface area (Å²) in [6.07, 6.45) is 7.32. The number of hydrogen-bond acceptors (Lipinski definition) is 7. The minimum Gasteiger partial charge on any atom is -0.383 e. The lowest BCUT2D eigenvalue weighted by molar-refractivity contribution is 0.00912. The van der Waals surface area contributed by atoms with Gasteiger partial charge in [0.2, 0.25) is 0 Å². The summed E-state index contributed by atoms with van der Waals surface area (Å²) in [5, 5.41) is 19.3. The summed E-state index contributed by atoms with van der Waals surface area (Å²) in [5.41, 5.74) is 9.34. The number of nitriles is 1. The van der Waals surface area contributed by atoms with Crippen LogP contribution in [-0.4, -0.2) is 34.5 Å². The number of pyridine rings is 1. The number of benzene rings is 1. The van der Waals surface area contributed by atoms with Gasteiger partial charge in [0, 0.05) is 30.0 Å². The van der Waals surface area contributed by atoms with Gasteiger partial charge in [-0.15, -0.1) is 5.53 Å². The molecule has 1 aliphatic heterocycles. The van der Waals surface area contributed by atoms with Gasteiger partial charge in [-0.1, -0.05) is 57.2 Å². The Bertz CT molecular complexity index is 1430. The Labute approximate surface area is 239 Å². The Morgan fingerprint density at radius 1 is 1.35 bits per heavy atom. The molecule has 2 heterocycles. The number of alkyl halides is 2. The number of nitrogens with zero attached hydrogens (tertiary/aromatic N) is 3. The number of allylic oxidation sites excluding steroid dienone is 3. The van der Waals surface area contributed by atoms with Crippen molar-refractivity contribution in [1.29, 1.82) is 5.26 Å². The summed E-state index contributed by atoms with van der Waals surface area (Å²) in [6, 6.07) is 5.39. The van der Waals surface area contributed by atoms with Crippen molar-refractivity contribution in [3.63, 3.8) is 0 Å². The molecule has 40 heavy (non-hydrogen) atoms. The lowest BCUT2D eigenvalue weighted by Crippen LogP contribution is -2.48. The molecule has 2 aromatic rings. The van der Waals surface area contributed by atoms with E-state index in [1.165, 1.54) is 11.2 Å². The number of hydrazine groups is 2. The second kappa shape index (κ2) is 11.5. The summed E-state index contributed by atoms with van der Waals surface area (Å²) in [6.45, 7) is 15.2. The zero-order chi connectivity index (χ0) is 29.2. The van der Waals surface area contributed by atoms with Gasteiger partial charge in [0.05, 0.1) is 33.5 Å². The second-order valence-electron chi connectivity index (χ2n) is 11.5. The monoisotopic (exact) mass is 567 g/mol. The Balaban J connectivity index is 1.76. The molecule has 1 saturated carbocycles. The molecule has 212 valence electrons. The molecular formula is C30H36ClF2N7. The highest BCUT2D eigenvalue weighted by atomic mass is 35.5. The molecule has 10 heteroatoms. The first-order chi connectivity index (χ1) is 18.9. The normalized spacial score (nSPS) is 17.6. The SMILES string of the molecule is C=C(/C(C)=C\C=C/C)[C@H](Nc1cc(Cl)c2ncc(C#N)c(NCC(C)(C)C)c2c1)C1=CN(C2(C(F)F)CC2)NN1. The van der Waals surface area contributed by atoms with Crippen LogP contribution in [0, 0.1) is 16.7 Å². The summed E-state index contributed by atoms with van der Waals surface area (Å²) in [5.74, 6) is 0. The van der Waals surface area contributed by atoms with E-state index in [2.05, 4.69) is 60.0 Å². The molecule has 1 aliphatic carbocycles. The van der Waals surface area contributed by atoms with Gasteiger partial charge in [-0.3, -0.25) is 9.99 Å². The molecule has 0 saturated heterocycles. The predicted octanol–water partition coefficient (Wildman–Crippen LogP) is 7.04. The van der Waals surface area contributed by atoms with Crippen molar-refractivity contribution in [2.75, 3.05) is 17.2 Å². The maximum atomic E-state index is 13.8. The molecule has 0 amide bonds. The zero-order valence-electron chi connectivity index (χ0n) is 23.5. The largest absolute Gasteiger partial charge is 0.383 e. The molecule has 0 bridgehead atoms. The van der Waals surface area contributed by atoms with Crippen LogP contribution in [0.25, 0.3) is 10.9 Å². The van der Waals surface area contributed by atoms with Crippen LogP contribution in [0.4, 0.5) is 20.2 Å². The first kappa shape index (κ1) is 29.4. The molecule has 0 spiro atoms. The fraction of sp³-hybridized carbons (Fsp3) is 0.400. The molecule has 1 fully saturated rings. The zero-order valence-corrected chi connectivity index (χ0v) is 24.3. The van der Waals surface area contributed by atoms with E-state index in [4.69, 9.17) is 11.6 Å². The highest BCUT2D eigenvalue weighted by molar-refractivity contribution is 6.35. The first-order valence-electron chi connectivity index (χ1n) is 13.2. The summed E-state index contributed by atoms with van der Waals surface area (Å²) >= 11 is 6.71. The lowest BCUT2D eigenvalue weighted by Gasteiger charge is -2.25. The summed E-state index contributed by atoms with van der Waals surface area (Å²) in [4.78, 5) is 4.44. The van der Waals surface area contributed by atoms with Crippen LogP contribution in [-0.2, 0) is 0 Å². The minimum absolute atomic E-state index is 0.0295. The molecule has 4 N–H and O–H groups in total. The Hall–Kier alpha value is -3.61. The van der Waals surface area contributed by atoms with Crippen LogP contribution in [0.5, 0.6) is 0 Å². The number of nitrogens with one attached hydrogen (secondary N) is 4. The predicted molar refractivity (Wildman–Crippen MR) is 159 cm³/mol. The van der Waals surface area contributed by atoms with Gasteiger partial charge in [-0.25, -0.2) is 8.78 Å². The van der Waals surface area contributed by atoms with E-state index in [9.17, 15) is 14.0 Å². The van der Waals surface area contributed by atoms with Crippen LogP contribution in [0.1, 0.15) is 53.0 Å². The third-order valence-electron chi connectivity index (χ3n) is 7.09. The van der Waals surface area contributed by atoms with Crippen LogP contribution in [0.15, 0.2) is 66.2 Å². The number of aromatic nitrogens is 1. The average molecular weight is 568 g/mol. The van der Waals surface area contributed by atoms with Crippen molar-refractivity contribution in [3.05, 3.63) is 76.8 Å². The lowest BCUT2D eigenvalue weighted by atomic mass is 9.96. The van der Waals surface area contributed by atoms with E-state index >= 15 is 0 Å². The molecule has 1 aromatic carbocycles. The number of anilines is 2. The third kappa shape index (κ3) is 6.08. The van der Waals surface area contributed by atoms with E-state index in [-0.39, 0.29) is 5.41 Å². The van der Waals surface area contributed by atoms with E-state index in [1.54, 1.807) is 12.3 Å². The third-order valence-corrected chi connectivity index (χ3v) is 7.38. The van der Waals surface area contributed by atoms with E-state index < -0.39 is 18.0 Å². The van der Waals surface area contributed by atoms with Gasteiger partial charge < -0.3 is 16.1 Å². The molecule has 4 rings (SSSR count). The van der Waals surface area contributed by atoms with Crippen molar-refractivity contribution in [2.45, 2.75) is 65.5 Å². The topological polar surface area (TPSA) is 88.0 Å². The van der Waals surface area contributed by atoms with Crippen molar-refractivity contribution in [1.82, 2.24) is 21.0 Å². The minimum atomic E-state index is -2.48. The fourth-order valence-electron chi connectivity index (χ4n) is 4.47. The Morgan fingerprint density at radius 2 is 2.08 bits per heavy atom. The van der Waals surface area contributed by atoms with Gasteiger partial charge >= 0.3 is 0 Å². The highest BCUT2D eigenvalue weighted by Gasteiger charge is 2.56. The number of rotatable bonds is 10. The van der Waals surface area contributed by atoms with Crippen molar-refractivity contribution in [3.8, 4) is 6.07 Å². The Morgan fingerprint density at radius 3 is 2.67 bits per heavy atom. The van der Waals surface area contributed by atoms with Crippen molar-refractivity contribution in [2.24, 2.45) is 5.41 Å². The van der Waals surface area contributed by atoms with Crippen LogP contribution in [0.2, 0.25) is 5.02 Å². The number of hydrogen-bond donors (Lipinski definition) is 4. The van der Waals surface area contributed by atoms with E-state index in [0.29, 0.717) is 57.9 Å². The fourth-order valence-corrected chi connectivity index (χ4v) is 4.74. The molecule has 0 radical (unpaired) electrons. The van der Waals surface area contributed by atoms with Crippen molar-refractivity contribution >= 4 is 33.9 Å². The quantitative estimate of drug-likeness (QED) is 0.229. The van der Waals surface area contributed by atoms with E-state index in [1.807, 2.05) is 38.1 Å². The molecule has 7 nitrogen and oxygen atoms in total. The maximum absolute atomic E-state index is 13.8. The average Bonchev–Trinajstić information content (AvgIpc) is 3.58. The van der Waals surface area contributed by atoms with Gasteiger partial charge in [-0.2, -0.15) is 5.26 Å². The molecule has 1 aromatic heterocycles. The van der Waals surface area contributed by atoms with Crippen molar-refractivity contribution < 1.29 is 8.78 Å². The van der Waals surface area contributed by atoms with Crippen LogP contribution >= 0.6 is 11.6 Å². The molecule has 2 aliphatic rings. The molecule has 1 atom stereocenters. The van der Waals surface area contributed by atoms with Crippen LogP contribution < -0.4 is 21.6 Å². The summed E-state index contributed by atoms with van der Waals surface area (Å²) < 4.78 is 27.6. The Kier molecular flexibility index (Phi) is 8.43. The van der Waals surface area contributed by atoms with Gasteiger partial charge in [0.1, 0.15) is 11.6 Å². The summed E-state index contributed by atoms with van der Waals surface area (Å²) in [7, 11) is 0. The van der Waals surface area contributed by atoms with Gasteiger partial charge in [0.25, 0.3) is 6.43 Å². The van der Waals surface area contributed by atoms with Crippen LogP contribution in [0.3, 0.4) is 0 Å². The van der Waals surface area contributed by atoms with Gasteiger partial charge in [-0.05, 0) is 55.4 Å². The van der Waals surface area contributed by atoms with Gasteiger partial charge in [0.15, 0.2) is 0 Å². The maximum Gasteiger partial charge on any atom is 0.262 e. The second-order valence-corrected chi connectivity index (χ2v) is 11.9. The number of fused-ring (bicyclic) bond motifs is 1. The number of halogens is 3. The molecular weight excluding hydrogens is 532 g/mol. The van der Waals surface area contributed by atoms with E-state index in [0.717, 1.165) is 11.1 Å². The standard InChI is InChI=1S/C30H36ClF2N7/c1-7-8-9-18(2)19(3)25(24-16-40(39-38-24)30(10-11-30)28(32)33)37-21-12-22-26(36-17-29(4,5)6)20(14-34)15-35-27(22)23(31)13-21/h7-9,12-13,15-16,25,28,37-39H,3,10-11,17H2,1-2,4-6H3,(H,35,36)/b8-7-,18-9-/t25-/m0/s1.